The van der Waals surface area contributed by atoms with Gasteiger partial charge in [0, 0.05) is 11.1 Å². The molecule has 0 aliphatic carbocycles. The predicted molar refractivity (Wildman–Crippen MR) is 138 cm³/mol. The Labute approximate surface area is 213 Å². The van der Waals surface area contributed by atoms with Gasteiger partial charge in [0.1, 0.15) is 11.2 Å². The van der Waals surface area contributed by atoms with Gasteiger partial charge in [-0.3, -0.25) is 4.79 Å². The second kappa shape index (κ2) is 9.05. The quantitative estimate of drug-likeness (QED) is 0.495. The van der Waals surface area contributed by atoms with Gasteiger partial charge in [-0.25, -0.2) is 19.5 Å². The normalized spacial score (nSPS) is 21.2. The molecule has 1 atom stereocenters. The Morgan fingerprint density at radius 3 is 2.22 bits per heavy atom. The van der Waals surface area contributed by atoms with E-state index in [1.54, 1.807) is 58.9 Å². The van der Waals surface area contributed by atoms with Crippen LogP contribution in [0.4, 0.5) is 10.5 Å². The molecule has 2 aliphatic heterocycles. The van der Waals surface area contributed by atoms with Gasteiger partial charge in [0.15, 0.2) is 0 Å². The highest BCUT2D eigenvalue weighted by atomic mass is 16.6. The minimum atomic E-state index is -1.90. The number of hydrogen-bond donors (Lipinski definition) is 0. The van der Waals surface area contributed by atoms with E-state index in [0.29, 0.717) is 16.8 Å². The van der Waals surface area contributed by atoms with E-state index in [4.69, 9.17) is 19.2 Å². The number of rotatable bonds is 4. The first-order valence-electron chi connectivity index (χ1n) is 12.3. The van der Waals surface area contributed by atoms with Crippen molar-refractivity contribution in [3.8, 4) is 0 Å². The van der Waals surface area contributed by atoms with Crippen molar-refractivity contribution in [1.29, 1.82) is 0 Å². The molecule has 0 radical (unpaired) electrons. The zero-order valence-electron chi connectivity index (χ0n) is 23.1. The summed E-state index contributed by atoms with van der Waals surface area (Å²) in [6.07, 6.45) is -0.115. The van der Waals surface area contributed by atoms with Gasteiger partial charge >= 0.3 is 12.1 Å². The average molecular weight is 499 g/mol. The number of carbonyl (C=O) groups excluding carboxylic acids is 3. The molecular weight excluding hydrogens is 460 g/mol. The maximum absolute atomic E-state index is 14.1. The largest absolute Gasteiger partial charge is 0.462 e. The fourth-order valence-corrected chi connectivity index (χ4v) is 5.04. The Bertz CT molecular complexity index is 1150. The van der Waals surface area contributed by atoms with E-state index in [9.17, 15) is 14.4 Å². The highest BCUT2D eigenvalue weighted by molar-refractivity contribution is 6.27. The van der Waals surface area contributed by atoms with Crippen LogP contribution in [0.1, 0.15) is 81.2 Å². The number of hydrogen-bond acceptors (Lipinski definition) is 7. The number of carbonyl (C=O) groups is 3. The van der Waals surface area contributed by atoms with Crippen LogP contribution in [-0.2, 0) is 29.4 Å². The fourth-order valence-electron chi connectivity index (χ4n) is 5.04. The first-order chi connectivity index (χ1) is 16.4. The summed E-state index contributed by atoms with van der Waals surface area (Å²) < 4.78 is 17.3. The number of esters is 1. The average Bonchev–Trinajstić information content (AvgIpc) is 3.10. The monoisotopic (exact) mass is 498 g/mol. The Morgan fingerprint density at radius 1 is 1.06 bits per heavy atom. The van der Waals surface area contributed by atoms with Crippen LogP contribution in [0, 0.1) is 5.41 Å². The highest BCUT2D eigenvalue weighted by Gasteiger charge is 2.64. The van der Waals surface area contributed by atoms with Gasteiger partial charge in [0.25, 0.3) is 5.91 Å². The van der Waals surface area contributed by atoms with Crippen LogP contribution in [0.3, 0.4) is 0 Å². The standard InChI is InChI=1S/C28H38N2O6/c1-11-34-22(31)20-17(2)21(29-27(9,10)16-25(3,4)5)35-28(20)18-14-12-13-15-19(18)30(23(28)32)24(33)36-26(6,7)8/h12-15H,11,16H2,1-10H3/t28-/m1/s1. The van der Waals surface area contributed by atoms with E-state index in [0.717, 1.165) is 11.3 Å². The summed E-state index contributed by atoms with van der Waals surface area (Å²) in [7, 11) is 0. The molecule has 1 aromatic carbocycles. The van der Waals surface area contributed by atoms with Gasteiger partial charge in [-0.2, -0.15) is 0 Å². The summed E-state index contributed by atoms with van der Waals surface area (Å²) in [5, 5.41) is 0. The van der Waals surface area contributed by atoms with Crippen LogP contribution in [0.5, 0.6) is 0 Å². The minimum Gasteiger partial charge on any atom is -0.462 e. The van der Waals surface area contributed by atoms with E-state index in [2.05, 4.69) is 20.8 Å². The number of para-hydroxylation sites is 1. The van der Waals surface area contributed by atoms with Crippen LogP contribution in [0.25, 0.3) is 0 Å². The Hall–Kier alpha value is -3.16. The smallest absolute Gasteiger partial charge is 0.421 e. The van der Waals surface area contributed by atoms with Crippen molar-refractivity contribution in [2.75, 3.05) is 11.5 Å². The van der Waals surface area contributed by atoms with E-state index < -0.39 is 34.7 Å². The second-order valence-corrected chi connectivity index (χ2v) is 12.1. The third kappa shape index (κ3) is 5.04. The first-order valence-corrected chi connectivity index (χ1v) is 12.3. The summed E-state index contributed by atoms with van der Waals surface area (Å²) in [5.41, 5.74) is -2.22. The van der Waals surface area contributed by atoms with E-state index in [-0.39, 0.29) is 23.5 Å². The number of amides is 2. The maximum Gasteiger partial charge on any atom is 0.421 e. The molecule has 196 valence electrons. The molecular formula is C28H38N2O6. The number of fused-ring (bicyclic) bond motifs is 2. The molecule has 1 aromatic rings. The Balaban J connectivity index is 2.23. The third-order valence-corrected chi connectivity index (χ3v) is 5.75. The van der Waals surface area contributed by atoms with Crippen molar-refractivity contribution in [2.45, 2.75) is 92.4 Å². The number of nitrogens with zero attached hydrogens (tertiary/aromatic N) is 2. The summed E-state index contributed by atoms with van der Waals surface area (Å²) in [5.74, 6) is -1.25. The van der Waals surface area contributed by atoms with Crippen molar-refractivity contribution in [3.63, 3.8) is 0 Å². The Morgan fingerprint density at radius 2 is 1.67 bits per heavy atom. The van der Waals surface area contributed by atoms with Crippen LogP contribution >= 0.6 is 0 Å². The van der Waals surface area contributed by atoms with E-state index in [1.165, 1.54) is 0 Å². The van der Waals surface area contributed by atoms with Crippen LogP contribution in [-0.4, -0.2) is 41.6 Å². The van der Waals surface area contributed by atoms with Gasteiger partial charge in [0.05, 0.1) is 17.8 Å². The van der Waals surface area contributed by atoms with Crippen molar-refractivity contribution >= 4 is 29.6 Å². The van der Waals surface area contributed by atoms with Crippen LogP contribution in [0.2, 0.25) is 0 Å². The van der Waals surface area contributed by atoms with E-state index in [1.807, 2.05) is 13.8 Å². The maximum atomic E-state index is 14.1. The summed E-state index contributed by atoms with van der Waals surface area (Å²) in [4.78, 5) is 46.4. The number of imide groups is 1. The third-order valence-electron chi connectivity index (χ3n) is 5.75. The highest BCUT2D eigenvalue weighted by Crippen LogP contribution is 2.52. The van der Waals surface area contributed by atoms with Gasteiger partial charge in [-0.05, 0) is 66.4 Å². The van der Waals surface area contributed by atoms with Crippen molar-refractivity contribution < 1.29 is 28.6 Å². The second-order valence-electron chi connectivity index (χ2n) is 12.1. The van der Waals surface area contributed by atoms with Crippen molar-refractivity contribution in [3.05, 3.63) is 41.0 Å². The fraction of sp³-hybridized carbons (Fsp3) is 0.571. The Kier molecular flexibility index (Phi) is 6.90. The number of aliphatic imine (C=N–C) groups is 1. The van der Waals surface area contributed by atoms with Gasteiger partial charge in [-0.15, -0.1) is 0 Å². The van der Waals surface area contributed by atoms with Gasteiger partial charge in [-0.1, -0.05) is 39.0 Å². The lowest BCUT2D eigenvalue weighted by molar-refractivity contribution is -0.144. The molecule has 8 nitrogen and oxygen atoms in total. The molecule has 2 aliphatic rings. The molecule has 3 rings (SSSR count). The molecule has 0 saturated heterocycles. The molecule has 8 heteroatoms. The predicted octanol–water partition coefficient (Wildman–Crippen LogP) is 5.69. The molecule has 0 unspecified atom stereocenters. The molecule has 0 aromatic heterocycles. The van der Waals surface area contributed by atoms with Gasteiger partial charge < -0.3 is 14.2 Å². The molecule has 0 bridgehead atoms. The SMILES string of the molecule is CCOC(=O)C1=C(C)C(=NC(C)(C)CC(C)(C)C)O[C@@]12C(=O)N(C(=O)OC(C)(C)C)c1ccccc12. The summed E-state index contributed by atoms with van der Waals surface area (Å²) in [6, 6.07) is 6.74. The summed E-state index contributed by atoms with van der Waals surface area (Å²) >= 11 is 0. The summed E-state index contributed by atoms with van der Waals surface area (Å²) in [6.45, 7) is 19.0. The lowest BCUT2D eigenvalue weighted by atomic mass is 9.82. The lowest BCUT2D eigenvalue weighted by Gasteiger charge is -2.30. The molecule has 2 amide bonds. The van der Waals surface area contributed by atoms with Crippen LogP contribution in [0.15, 0.2) is 40.4 Å². The lowest BCUT2D eigenvalue weighted by Crippen LogP contribution is -2.47. The number of anilines is 1. The molecule has 2 heterocycles. The minimum absolute atomic E-state index is 0.0191. The van der Waals surface area contributed by atoms with Crippen molar-refractivity contribution in [1.82, 2.24) is 0 Å². The molecule has 0 saturated carbocycles. The molecule has 0 fully saturated rings. The molecule has 1 spiro atoms. The van der Waals surface area contributed by atoms with E-state index >= 15 is 0 Å². The first kappa shape index (κ1) is 27.4. The van der Waals surface area contributed by atoms with Crippen LogP contribution < -0.4 is 4.90 Å². The molecule has 36 heavy (non-hydrogen) atoms. The number of ether oxygens (including phenoxy) is 3. The van der Waals surface area contributed by atoms with Crippen molar-refractivity contribution in [2.24, 2.45) is 10.4 Å². The number of benzene rings is 1. The zero-order chi connectivity index (χ0) is 27.3. The molecule has 0 N–H and O–H groups in total. The van der Waals surface area contributed by atoms with Gasteiger partial charge in [0.2, 0.25) is 11.5 Å². The topological polar surface area (TPSA) is 94.5 Å². The zero-order valence-corrected chi connectivity index (χ0v) is 23.1.